The van der Waals surface area contributed by atoms with Crippen LogP contribution < -0.4 is 16.2 Å². The number of halogens is 2. The van der Waals surface area contributed by atoms with Crippen LogP contribution in [0.5, 0.6) is 0 Å². The lowest BCUT2D eigenvalue weighted by atomic mass is 10.1. The normalized spacial score (nSPS) is 12.0. The van der Waals surface area contributed by atoms with Crippen LogP contribution in [-0.4, -0.2) is 25.5 Å². The van der Waals surface area contributed by atoms with E-state index in [0.29, 0.717) is 0 Å². The number of sulfonamides is 1. The first-order chi connectivity index (χ1) is 7.68. The zero-order valence-corrected chi connectivity index (χ0v) is 12.4. The minimum Gasteiger partial charge on any atom is -0.383 e. The van der Waals surface area contributed by atoms with Gasteiger partial charge >= 0.3 is 0 Å². The SMILES string of the molecule is CC(C)(CN)NS(=O)(=O)c1cc(Cl)cnc1N.Cl. The molecule has 0 aliphatic rings. The van der Waals surface area contributed by atoms with Crippen molar-refractivity contribution in [2.45, 2.75) is 24.3 Å². The highest BCUT2D eigenvalue weighted by Crippen LogP contribution is 2.21. The van der Waals surface area contributed by atoms with Crippen molar-refractivity contribution in [3.05, 3.63) is 17.3 Å². The van der Waals surface area contributed by atoms with Gasteiger partial charge in [-0.1, -0.05) is 11.6 Å². The molecule has 0 saturated heterocycles. The Morgan fingerprint density at radius 2 is 2.06 bits per heavy atom. The first-order valence-corrected chi connectivity index (χ1v) is 6.69. The Bertz CT molecular complexity index is 519. The van der Waals surface area contributed by atoms with Gasteiger partial charge in [0, 0.05) is 18.3 Å². The van der Waals surface area contributed by atoms with Gasteiger partial charge in [-0.3, -0.25) is 0 Å². The molecule has 6 nitrogen and oxygen atoms in total. The lowest BCUT2D eigenvalue weighted by Crippen LogP contribution is -2.48. The number of hydrogen-bond acceptors (Lipinski definition) is 5. The monoisotopic (exact) mass is 314 g/mol. The van der Waals surface area contributed by atoms with E-state index in [0.717, 1.165) is 0 Å². The molecule has 0 atom stereocenters. The molecular formula is C9H16Cl2N4O2S. The summed E-state index contributed by atoms with van der Waals surface area (Å²) >= 11 is 5.69. The average Bonchev–Trinajstić information content (AvgIpc) is 2.20. The van der Waals surface area contributed by atoms with Gasteiger partial charge in [0.1, 0.15) is 10.7 Å². The third-order valence-corrected chi connectivity index (χ3v) is 3.99. The molecule has 0 fully saturated rings. The zero-order valence-electron chi connectivity index (χ0n) is 9.97. The lowest BCUT2D eigenvalue weighted by molar-refractivity contribution is 0.462. The van der Waals surface area contributed by atoms with Crippen molar-refractivity contribution in [3.8, 4) is 0 Å². The number of pyridine rings is 1. The smallest absolute Gasteiger partial charge is 0.244 e. The first-order valence-electron chi connectivity index (χ1n) is 4.83. The predicted molar refractivity (Wildman–Crippen MR) is 74.4 cm³/mol. The molecule has 0 aliphatic carbocycles. The Hall–Kier alpha value is -0.600. The Morgan fingerprint density at radius 3 is 2.56 bits per heavy atom. The fourth-order valence-electron chi connectivity index (χ4n) is 1.11. The molecule has 0 saturated carbocycles. The van der Waals surface area contributed by atoms with E-state index in [1.54, 1.807) is 13.8 Å². The summed E-state index contributed by atoms with van der Waals surface area (Å²) in [4.78, 5) is 3.55. The van der Waals surface area contributed by atoms with E-state index in [2.05, 4.69) is 9.71 Å². The number of nitrogens with one attached hydrogen (secondary N) is 1. The summed E-state index contributed by atoms with van der Waals surface area (Å²) in [6.07, 6.45) is 1.28. The molecule has 0 unspecified atom stereocenters. The highest BCUT2D eigenvalue weighted by Gasteiger charge is 2.27. The second kappa shape index (κ2) is 6.03. The van der Waals surface area contributed by atoms with Gasteiger partial charge in [0.05, 0.1) is 5.02 Å². The van der Waals surface area contributed by atoms with Crippen LogP contribution in [-0.2, 0) is 10.0 Å². The molecule has 104 valence electrons. The van der Waals surface area contributed by atoms with Gasteiger partial charge in [-0.25, -0.2) is 18.1 Å². The molecule has 0 spiro atoms. The topological polar surface area (TPSA) is 111 Å². The van der Waals surface area contributed by atoms with Crippen LogP contribution in [0.1, 0.15) is 13.8 Å². The van der Waals surface area contributed by atoms with Crippen LogP contribution in [0.4, 0.5) is 5.82 Å². The second-order valence-electron chi connectivity index (χ2n) is 4.23. The van der Waals surface area contributed by atoms with Crippen molar-refractivity contribution in [2.24, 2.45) is 5.73 Å². The number of aromatic nitrogens is 1. The molecule has 5 N–H and O–H groups in total. The molecule has 1 heterocycles. The van der Waals surface area contributed by atoms with Crippen LogP contribution in [0, 0.1) is 0 Å². The van der Waals surface area contributed by atoms with Gasteiger partial charge in [0.25, 0.3) is 0 Å². The van der Waals surface area contributed by atoms with Crippen molar-refractivity contribution >= 4 is 39.8 Å². The third kappa shape index (κ3) is 4.25. The quantitative estimate of drug-likeness (QED) is 0.759. The number of nitrogen functional groups attached to an aromatic ring is 1. The van der Waals surface area contributed by atoms with Crippen molar-refractivity contribution in [3.63, 3.8) is 0 Å². The van der Waals surface area contributed by atoms with E-state index in [9.17, 15) is 8.42 Å². The maximum absolute atomic E-state index is 12.0. The fraction of sp³-hybridized carbons (Fsp3) is 0.444. The van der Waals surface area contributed by atoms with Crippen molar-refractivity contribution < 1.29 is 8.42 Å². The molecule has 18 heavy (non-hydrogen) atoms. The predicted octanol–water partition coefficient (Wildman–Crippen LogP) is 0.755. The van der Waals surface area contributed by atoms with Gasteiger partial charge in [0.15, 0.2) is 0 Å². The number of hydrogen-bond donors (Lipinski definition) is 3. The number of rotatable bonds is 4. The average molecular weight is 315 g/mol. The van der Waals surface area contributed by atoms with E-state index in [1.165, 1.54) is 12.3 Å². The molecule has 1 rings (SSSR count). The van der Waals surface area contributed by atoms with Crippen LogP contribution in [0.2, 0.25) is 5.02 Å². The van der Waals surface area contributed by atoms with Gasteiger partial charge < -0.3 is 11.5 Å². The highest BCUT2D eigenvalue weighted by molar-refractivity contribution is 7.89. The van der Waals surface area contributed by atoms with E-state index in [1.807, 2.05) is 0 Å². The first kappa shape index (κ1) is 17.4. The van der Waals surface area contributed by atoms with Gasteiger partial charge in [-0.2, -0.15) is 0 Å². The van der Waals surface area contributed by atoms with Crippen LogP contribution in [0.3, 0.4) is 0 Å². The summed E-state index contributed by atoms with van der Waals surface area (Å²) in [5.74, 6) is -0.102. The molecule has 0 aliphatic heterocycles. The molecule has 0 bridgehead atoms. The summed E-state index contributed by atoms with van der Waals surface area (Å²) in [7, 11) is -3.79. The molecule has 9 heteroatoms. The Kier molecular flexibility index (Phi) is 5.83. The molecule has 0 aromatic carbocycles. The van der Waals surface area contributed by atoms with Crippen LogP contribution in [0.15, 0.2) is 17.2 Å². The highest BCUT2D eigenvalue weighted by atomic mass is 35.5. The van der Waals surface area contributed by atoms with Crippen molar-refractivity contribution in [1.82, 2.24) is 9.71 Å². The standard InChI is InChI=1S/C9H15ClN4O2S.ClH/c1-9(2,5-11)14-17(15,16)7-3-6(10)4-13-8(7)12;/h3-4,14H,5,11H2,1-2H3,(H2,12,13);1H. The van der Waals surface area contributed by atoms with E-state index in [4.69, 9.17) is 23.1 Å². The summed E-state index contributed by atoms with van der Waals surface area (Å²) in [5.41, 5.74) is 10.2. The third-order valence-electron chi connectivity index (χ3n) is 2.06. The fourth-order valence-corrected chi connectivity index (χ4v) is 2.86. The maximum atomic E-state index is 12.0. The molecule has 1 aromatic heterocycles. The number of anilines is 1. The Morgan fingerprint density at radius 1 is 1.50 bits per heavy atom. The lowest BCUT2D eigenvalue weighted by Gasteiger charge is -2.24. The van der Waals surface area contributed by atoms with Gasteiger partial charge in [-0.15, -0.1) is 12.4 Å². The molecular weight excluding hydrogens is 299 g/mol. The van der Waals surface area contributed by atoms with E-state index < -0.39 is 15.6 Å². The van der Waals surface area contributed by atoms with Crippen LogP contribution in [0.25, 0.3) is 0 Å². The molecule has 1 aromatic rings. The summed E-state index contributed by atoms with van der Waals surface area (Å²) < 4.78 is 26.5. The number of nitrogens with two attached hydrogens (primary N) is 2. The Labute approximate surface area is 118 Å². The summed E-state index contributed by atoms with van der Waals surface area (Å²) in [5, 5.41) is 0.199. The number of nitrogens with zero attached hydrogens (tertiary/aromatic N) is 1. The summed E-state index contributed by atoms with van der Waals surface area (Å²) in [6.45, 7) is 3.48. The molecule has 0 amide bonds. The largest absolute Gasteiger partial charge is 0.383 e. The zero-order chi connectivity index (χ0) is 13.3. The minimum atomic E-state index is -3.79. The Balaban J connectivity index is 0.00000289. The van der Waals surface area contributed by atoms with Crippen molar-refractivity contribution in [2.75, 3.05) is 12.3 Å². The van der Waals surface area contributed by atoms with E-state index >= 15 is 0 Å². The van der Waals surface area contributed by atoms with Gasteiger partial charge in [-0.05, 0) is 19.9 Å². The van der Waals surface area contributed by atoms with Crippen LogP contribution >= 0.6 is 24.0 Å². The van der Waals surface area contributed by atoms with Crippen molar-refractivity contribution in [1.29, 1.82) is 0 Å². The second-order valence-corrected chi connectivity index (χ2v) is 6.32. The minimum absolute atomic E-state index is 0. The molecule has 0 radical (unpaired) electrons. The van der Waals surface area contributed by atoms with E-state index in [-0.39, 0.29) is 34.7 Å². The maximum Gasteiger partial charge on any atom is 0.244 e. The summed E-state index contributed by atoms with van der Waals surface area (Å²) in [6, 6.07) is 1.25. The van der Waals surface area contributed by atoms with Gasteiger partial charge in [0.2, 0.25) is 10.0 Å².